The number of fused-ring (bicyclic) bond motifs is 6. The van der Waals surface area contributed by atoms with Crippen LogP contribution in [0.2, 0.25) is 0 Å². The van der Waals surface area contributed by atoms with E-state index in [4.69, 9.17) is 0 Å². The summed E-state index contributed by atoms with van der Waals surface area (Å²) in [7, 11) is 0. The van der Waals surface area contributed by atoms with Crippen LogP contribution >= 0.6 is 0 Å². The van der Waals surface area contributed by atoms with Gasteiger partial charge in [-0.3, -0.25) is 9.59 Å². The number of anilines is 3. The molecule has 55 heavy (non-hydrogen) atoms. The molecule has 0 spiro atoms. The van der Waals surface area contributed by atoms with Crippen LogP contribution < -0.4 is 4.90 Å². The van der Waals surface area contributed by atoms with E-state index in [1.54, 1.807) is 18.2 Å². The first-order valence-corrected chi connectivity index (χ1v) is 18.5. The molecule has 8 aromatic carbocycles. The molecule has 0 atom stereocenters. The standard InChI is InChI=1S/C51H34FNO2/c1-51(2)45-9-5-6-10-46(45)53(40-23-18-35(19-24-40)33-14-12-32(13-15-33)34-16-21-39(52)22-17-34)47-26-20-38-27-31(11-25-41(38)48(47)51)28-44-49(54)42-29-36-7-3-4-8-37(36)30-43(42)50(44)55/h3-30H,1-2H3. The smallest absolute Gasteiger partial charge is 0.197 e. The van der Waals surface area contributed by atoms with Crippen LogP contribution in [0, 0.1) is 5.82 Å². The van der Waals surface area contributed by atoms with Crippen LogP contribution in [0.3, 0.4) is 0 Å². The van der Waals surface area contributed by atoms with Crippen molar-refractivity contribution in [1.29, 1.82) is 0 Å². The number of ketones is 2. The Hall–Kier alpha value is -6.91. The van der Waals surface area contributed by atoms with E-state index in [0.29, 0.717) is 11.1 Å². The molecule has 8 aromatic rings. The van der Waals surface area contributed by atoms with Crippen LogP contribution in [0.4, 0.5) is 21.5 Å². The van der Waals surface area contributed by atoms with Gasteiger partial charge in [0.2, 0.25) is 0 Å². The zero-order valence-electron chi connectivity index (χ0n) is 30.3. The first-order chi connectivity index (χ1) is 26.7. The molecular weight excluding hydrogens is 678 g/mol. The minimum absolute atomic E-state index is 0.204. The summed E-state index contributed by atoms with van der Waals surface area (Å²) in [6.45, 7) is 4.57. The molecule has 10 rings (SSSR count). The van der Waals surface area contributed by atoms with E-state index in [1.165, 1.54) is 23.3 Å². The zero-order chi connectivity index (χ0) is 37.4. The van der Waals surface area contributed by atoms with Crippen molar-refractivity contribution in [2.45, 2.75) is 19.3 Å². The molecule has 2 aliphatic rings. The summed E-state index contributed by atoms with van der Waals surface area (Å²) in [4.78, 5) is 29.5. The molecule has 0 unspecified atom stereocenters. The lowest BCUT2D eigenvalue weighted by molar-refractivity contribution is 0.0990. The monoisotopic (exact) mass is 711 g/mol. The molecule has 0 fully saturated rings. The third kappa shape index (κ3) is 5.25. The van der Waals surface area contributed by atoms with Crippen molar-refractivity contribution < 1.29 is 14.0 Å². The number of carbonyl (C=O) groups excluding carboxylic acids is 2. The molecule has 0 saturated heterocycles. The van der Waals surface area contributed by atoms with Crippen LogP contribution in [0.1, 0.15) is 51.3 Å². The summed E-state index contributed by atoms with van der Waals surface area (Å²) in [6, 6.07) is 54.3. The van der Waals surface area contributed by atoms with E-state index >= 15 is 0 Å². The highest BCUT2D eigenvalue weighted by atomic mass is 19.1. The van der Waals surface area contributed by atoms with Gasteiger partial charge in [0.15, 0.2) is 11.6 Å². The Morgan fingerprint density at radius 3 is 1.69 bits per heavy atom. The molecule has 1 aliphatic carbocycles. The molecule has 0 N–H and O–H groups in total. The van der Waals surface area contributed by atoms with Gasteiger partial charge in [-0.25, -0.2) is 4.39 Å². The van der Waals surface area contributed by atoms with E-state index < -0.39 is 0 Å². The largest absolute Gasteiger partial charge is 0.310 e. The minimum atomic E-state index is -0.310. The molecule has 0 bridgehead atoms. The van der Waals surface area contributed by atoms with E-state index in [2.05, 4.69) is 116 Å². The summed E-state index contributed by atoms with van der Waals surface area (Å²) in [5, 5.41) is 4.06. The molecule has 4 heteroatoms. The fourth-order valence-electron chi connectivity index (χ4n) is 8.62. The van der Waals surface area contributed by atoms with Gasteiger partial charge in [0, 0.05) is 22.2 Å². The lowest BCUT2D eigenvalue weighted by Gasteiger charge is -2.42. The van der Waals surface area contributed by atoms with Crippen molar-refractivity contribution in [1.82, 2.24) is 0 Å². The second-order valence-corrected chi connectivity index (χ2v) is 15.0. The molecule has 1 heterocycles. The Kier molecular flexibility index (Phi) is 7.33. The van der Waals surface area contributed by atoms with Gasteiger partial charge in [0.25, 0.3) is 0 Å². The first kappa shape index (κ1) is 32.7. The van der Waals surface area contributed by atoms with Crippen molar-refractivity contribution in [3.63, 3.8) is 0 Å². The van der Waals surface area contributed by atoms with Crippen LogP contribution in [0.15, 0.2) is 169 Å². The van der Waals surface area contributed by atoms with Gasteiger partial charge in [-0.05, 0) is 121 Å². The fourth-order valence-corrected chi connectivity index (χ4v) is 8.62. The van der Waals surface area contributed by atoms with Crippen LogP contribution in [0.25, 0.3) is 49.9 Å². The predicted molar refractivity (Wildman–Crippen MR) is 222 cm³/mol. The van der Waals surface area contributed by atoms with Gasteiger partial charge in [-0.15, -0.1) is 0 Å². The fraction of sp³-hybridized carbons (Fsp3) is 0.0588. The van der Waals surface area contributed by atoms with Crippen molar-refractivity contribution in [2.75, 3.05) is 4.90 Å². The van der Waals surface area contributed by atoms with Crippen molar-refractivity contribution >= 4 is 56.2 Å². The van der Waals surface area contributed by atoms with Crippen molar-refractivity contribution in [3.05, 3.63) is 203 Å². The Morgan fingerprint density at radius 1 is 0.527 bits per heavy atom. The van der Waals surface area contributed by atoms with Crippen molar-refractivity contribution in [3.8, 4) is 22.3 Å². The summed E-state index contributed by atoms with van der Waals surface area (Å²) in [5.41, 5.74) is 11.6. The van der Waals surface area contributed by atoms with Crippen LogP contribution in [-0.4, -0.2) is 11.6 Å². The molecule has 0 radical (unpaired) electrons. The molecule has 1 aliphatic heterocycles. The maximum Gasteiger partial charge on any atom is 0.197 e. The second-order valence-electron chi connectivity index (χ2n) is 15.0. The maximum atomic E-state index is 13.6. The molecule has 0 amide bonds. The van der Waals surface area contributed by atoms with E-state index in [0.717, 1.165) is 66.4 Å². The van der Waals surface area contributed by atoms with Crippen LogP contribution in [0.5, 0.6) is 0 Å². The number of halogens is 1. The highest BCUT2D eigenvalue weighted by Gasteiger charge is 2.38. The number of hydrogen-bond acceptors (Lipinski definition) is 3. The topological polar surface area (TPSA) is 37.4 Å². The summed E-state index contributed by atoms with van der Waals surface area (Å²) in [5.74, 6) is -0.688. The van der Waals surface area contributed by atoms with Gasteiger partial charge < -0.3 is 4.90 Å². The summed E-state index contributed by atoms with van der Waals surface area (Å²) in [6.07, 6.45) is 1.75. The normalized spacial score (nSPS) is 14.2. The SMILES string of the molecule is CC1(C)c2ccccc2N(c2ccc(-c3ccc(-c4ccc(F)cc4)cc3)cc2)c2ccc3cc(C=C4C(=O)c5cc6ccccc6cc5C4=O)ccc3c21. The molecule has 3 nitrogen and oxygen atoms in total. The summed E-state index contributed by atoms with van der Waals surface area (Å²) < 4.78 is 13.5. The number of para-hydroxylation sites is 1. The summed E-state index contributed by atoms with van der Waals surface area (Å²) >= 11 is 0. The predicted octanol–water partition coefficient (Wildman–Crippen LogP) is 13.0. The van der Waals surface area contributed by atoms with Crippen molar-refractivity contribution in [2.24, 2.45) is 0 Å². The minimum Gasteiger partial charge on any atom is -0.310 e. The molecule has 0 aromatic heterocycles. The highest BCUT2D eigenvalue weighted by molar-refractivity contribution is 6.42. The molecule has 262 valence electrons. The number of carbonyl (C=O) groups is 2. The first-order valence-electron chi connectivity index (χ1n) is 18.5. The van der Waals surface area contributed by atoms with Crippen LogP contribution in [-0.2, 0) is 5.41 Å². The number of hydrogen-bond donors (Lipinski definition) is 0. The quantitative estimate of drug-likeness (QED) is 0.135. The van der Waals surface area contributed by atoms with Gasteiger partial charge in [-0.1, -0.05) is 123 Å². The third-order valence-corrected chi connectivity index (χ3v) is 11.4. The number of allylic oxidation sites excluding steroid dienone is 1. The van der Waals surface area contributed by atoms with E-state index in [9.17, 15) is 14.0 Å². The second kappa shape index (κ2) is 12.3. The maximum absolute atomic E-state index is 13.6. The third-order valence-electron chi connectivity index (χ3n) is 11.4. The molecular formula is C51H34FNO2. The van der Waals surface area contributed by atoms with E-state index in [-0.39, 0.29) is 28.4 Å². The Morgan fingerprint density at radius 2 is 1.07 bits per heavy atom. The Bertz CT molecular complexity index is 2860. The zero-order valence-corrected chi connectivity index (χ0v) is 30.3. The average Bonchev–Trinajstić information content (AvgIpc) is 3.44. The highest BCUT2D eigenvalue weighted by Crippen LogP contribution is 2.54. The molecule has 0 saturated carbocycles. The van der Waals surface area contributed by atoms with E-state index in [1.807, 2.05) is 42.5 Å². The number of rotatable bonds is 4. The lowest BCUT2D eigenvalue weighted by atomic mass is 9.71. The Labute approximate surface area is 318 Å². The number of nitrogens with zero attached hydrogens (tertiary/aromatic N) is 1. The van der Waals surface area contributed by atoms with Gasteiger partial charge >= 0.3 is 0 Å². The van der Waals surface area contributed by atoms with Gasteiger partial charge in [0.05, 0.1) is 16.9 Å². The number of Topliss-reactive ketones (excluding diaryl/α,β-unsaturated/α-hetero) is 2. The lowest BCUT2D eigenvalue weighted by Crippen LogP contribution is -2.30. The van der Waals surface area contributed by atoms with Gasteiger partial charge in [-0.2, -0.15) is 0 Å². The van der Waals surface area contributed by atoms with Gasteiger partial charge in [0.1, 0.15) is 5.82 Å². The average molecular weight is 712 g/mol. The number of benzene rings is 8. The Balaban J connectivity index is 1.02.